The molecule has 0 aliphatic rings. The fourth-order valence-corrected chi connectivity index (χ4v) is 16.8. The lowest BCUT2D eigenvalue weighted by molar-refractivity contribution is -0.114. The van der Waals surface area contributed by atoms with Gasteiger partial charge in [-0.05, 0) is 177 Å². The number of nitrogens with zero attached hydrogens (tertiary/aromatic N) is 5. The zero-order chi connectivity index (χ0) is 98.5. The Morgan fingerprint density at radius 1 is 0.500 bits per heavy atom. The SMILES string of the molecule is CCCCCCCCCCCCN(C(=O)Oc1cc(C(=O)OC)cc(C(=O)OC)c1)c1cccc2c(O)c(C(=O)Nc3ccc(NC(C)=O)cc3)ccc12.CCCCCCCCOc1ccc(C)cc1OS(=O)Nc1cccc(-c2nc3cc4c(N(C)C(=O)Oc5cccc(Cl)c5)cccc4n3[nH]2)c1.Cc1ccccc1C(ON)c1ccc2c(N(C)C(=O)Oc3cc(Cl)ccc3Cl)cccc2c1O. The van der Waals surface area contributed by atoms with Crippen molar-refractivity contribution < 1.29 is 85.4 Å². The summed E-state index contributed by atoms with van der Waals surface area (Å²) in [7, 11) is 5.62. The van der Waals surface area contributed by atoms with E-state index in [-0.39, 0.29) is 57.2 Å². The molecule has 2 aromatic heterocycles. The molecule has 8 N–H and O–H groups in total. The smallest absolute Gasteiger partial charge is 0.419 e. The van der Waals surface area contributed by atoms with Gasteiger partial charge in [0.2, 0.25) is 5.91 Å². The number of hydrogen-bond acceptors (Lipinski definition) is 20. The number of phenolic OH excluding ortho intramolecular Hbond substituents is 2. The van der Waals surface area contributed by atoms with E-state index in [0.717, 1.165) is 71.7 Å². The molecule has 0 saturated carbocycles. The third kappa shape index (κ3) is 27.2. The molecule has 14 aromatic rings. The molecule has 0 radical (unpaired) electrons. The Morgan fingerprint density at radius 3 is 1.73 bits per heavy atom. The Morgan fingerprint density at radius 2 is 1.08 bits per heavy atom. The van der Waals surface area contributed by atoms with Crippen molar-refractivity contribution in [1.82, 2.24) is 14.6 Å². The van der Waals surface area contributed by atoms with Gasteiger partial charge in [-0.2, -0.15) is 4.21 Å². The minimum Gasteiger partial charge on any atom is -0.507 e. The van der Waals surface area contributed by atoms with E-state index in [2.05, 4.69) is 34.3 Å². The van der Waals surface area contributed by atoms with Crippen LogP contribution in [-0.4, -0.2) is 113 Å². The molecule has 0 bridgehead atoms. The Bertz CT molecular complexity index is 6660. The lowest BCUT2D eigenvalue weighted by atomic mass is 9.94. The summed E-state index contributed by atoms with van der Waals surface area (Å²) in [5.41, 5.74) is 8.83. The molecule has 0 fully saturated rings. The normalized spacial score (nSPS) is 11.4. The predicted octanol–water partition coefficient (Wildman–Crippen LogP) is 25.9. The summed E-state index contributed by atoms with van der Waals surface area (Å²) >= 11 is 16.3. The first-order chi connectivity index (χ1) is 66.6. The van der Waals surface area contributed by atoms with E-state index in [0.29, 0.717) is 113 Å². The molecule has 14 rings (SSSR count). The predicted molar refractivity (Wildman–Crippen MR) is 544 cm³/mol. The molecule has 2 unspecified atom stereocenters. The molecule has 5 amide bonds. The average Bonchev–Trinajstić information content (AvgIpc) is 1.55. The standard InChI is InChI=1S/C42H49N3O9.C38H40ClN5O5S.C26H22Cl2N2O4/c1-5-6-7-8-9-10-11-12-13-14-24-45(42(51)54-33-26-29(40(49)52-3)25-30(27-33)41(50)53-4)37-17-15-16-35-34(37)22-23-36(38(35)47)39(48)44-32-20-18-31(19-21-32)43-28(2)46;1-4-5-6-7-8-9-21-47-34-20-19-26(2)22-35(34)49-50(46)42-29-15-10-13-27(23-29)37-40-36-25-31-32(17-12-18-33(31)44(36)41-37)43(3)38(45)48-30-16-11-14-28(39)24-30;1-15-6-3-4-7-17(15)25(34-29)20-12-11-18-19(24(20)31)8-5-9-22(18)30(2)26(32)33-23-14-16(27)10-13-21(23)28/h15-23,25-27,47H,5-14,24H2,1-4H3,(H,43,46)(H,44,48);10-20,22-25,42H,4-9,21H2,1-3H3,(H,40,41);3-14,25,31H,29H2,1-2H3. The summed E-state index contributed by atoms with van der Waals surface area (Å²) < 4.78 is 56.2. The van der Waals surface area contributed by atoms with Crippen LogP contribution in [0.2, 0.25) is 15.1 Å². The number of carbonyl (C=O) groups is 7. The number of halogens is 3. The molecule has 0 aliphatic carbocycles. The monoisotopic (exact) mass is 1950 g/mol. The topological polar surface area (TPSA) is 356 Å². The number of ether oxygens (including phenoxy) is 6. The van der Waals surface area contributed by atoms with E-state index in [1.165, 1.54) is 124 Å². The maximum atomic E-state index is 14.0. The number of aromatic nitrogens is 3. The number of phenols is 2. The third-order valence-corrected chi connectivity index (χ3v) is 24.3. The summed E-state index contributed by atoms with van der Waals surface area (Å²) in [5, 5.41) is 35.2. The van der Waals surface area contributed by atoms with Crippen LogP contribution in [0.5, 0.6) is 40.2 Å². The van der Waals surface area contributed by atoms with Gasteiger partial charge in [0.15, 0.2) is 28.7 Å². The van der Waals surface area contributed by atoms with E-state index in [4.69, 9.17) is 83.1 Å². The molecule has 0 spiro atoms. The minimum atomic E-state index is -1.88. The summed E-state index contributed by atoms with van der Waals surface area (Å²) in [6, 6.07) is 67.0. The highest BCUT2D eigenvalue weighted by atomic mass is 35.5. The average molecular weight is 1950 g/mol. The number of H-pyrrole nitrogens is 1. The molecule has 0 saturated heterocycles. The number of anilines is 6. The number of aromatic hydroxyl groups is 2. The van der Waals surface area contributed by atoms with E-state index in [9.17, 15) is 48.0 Å². The van der Waals surface area contributed by atoms with Crippen molar-refractivity contribution >= 4 is 160 Å². The lowest BCUT2D eigenvalue weighted by Crippen LogP contribution is -2.34. The Labute approximate surface area is 818 Å². The van der Waals surface area contributed by atoms with Crippen molar-refractivity contribution in [3.8, 4) is 51.6 Å². The van der Waals surface area contributed by atoms with E-state index >= 15 is 0 Å². The molecule has 28 nitrogen and oxygen atoms in total. The maximum Gasteiger partial charge on any atom is 0.419 e. The van der Waals surface area contributed by atoms with Gasteiger partial charge in [-0.3, -0.25) is 38.9 Å². The van der Waals surface area contributed by atoms with Gasteiger partial charge < -0.3 is 53.5 Å². The second kappa shape index (κ2) is 50.0. The van der Waals surface area contributed by atoms with Gasteiger partial charge in [-0.1, -0.05) is 236 Å². The fourth-order valence-electron chi connectivity index (χ4n) is 15.7. The molecule has 2 atom stereocenters. The first-order valence-corrected chi connectivity index (χ1v) is 47.6. The van der Waals surface area contributed by atoms with Crippen LogP contribution in [0.1, 0.15) is 183 Å². The van der Waals surface area contributed by atoms with Crippen LogP contribution in [-0.2, 0) is 30.4 Å². The second-order valence-electron chi connectivity index (χ2n) is 32.8. The molecule has 138 heavy (non-hydrogen) atoms. The first-order valence-electron chi connectivity index (χ1n) is 45.4. The number of aryl methyl sites for hydroxylation is 2. The summed E-state index contributed by atoms with van der Waals surface area (Å²) in [5.74, 6) is 5.18. The largest absolute Gasteiger partial charge is 0.507 e. The molecule has 32 heteroatoms. The lowest BCUT2D eigenvalue weighted by Gasteiger charge is -2.24. The number of amides is 5. The zero-order valence-corrected chi connectivity index (χ0v) is 81.2. The number of methoxy groups -OCH3 is 2. The molecule has 720 valence electrons. The summed E-state index contributed by atoms with van der Waals surface area (Å²) in [6.07, 6.45) is 15.4. The molecule has 12 aromatic carbocycles. The summed E-state index contributed by atoms with van der Waals surface area (Å²) in [4.78, 5) is 104. The number of hydrogen-bond donors (Lipinski definition) is 7. The van der Waals surface area contributed by atoms with Crippen LogP contribution in [0.4, 0.5) is 48.5 Å². The maximum absolute atomic E-state index is 14.0. The van der Waals surface area contributed by atoms with Crippen LogP contribution in [0, 0.1) is 13.8 Å². The van der Waals surface area contributed by atoms with Gasteiger partial charge in [-0.15, -0.1) is 0 Å². The van der Waals surface area contributed by atoms with Gasteiger partial charge in [0.05, 0.1) is 70.8 Å². The van der Waals surface area contributed by atoms with Crippen molar-refractivity contribution in [1.29, 1.82) is 0 Å². The second-order valence-corrected chi connectivity index (χ2v) is 34.9. The van der Waals surface area contributed by atoms with E-state index < -0.39 is 53.5 Å². The van der Waals surface area contributed by atoms with Crippen LogP contribution in [0.15, 0.2) is 237 Å². The molecular weight excluding hydrogens is 1840 g/mol. The zero-order valence-electron chi connectivity index (χ0n) is 78.1. The molecule has 2 heterocycles. The van der Waals surface area contributed by atoms with Gasteiger partial charge in [0, 0.05) is 93.1 Å². The quantitative estimate of drug-likeness (QED) is 0.0107. The number of rotatable bonds is 38. The number of unbranched alkanes of at least 4 members (excludes halogenated alkanes) is 14. The number of nitrogens with one attached hydrogen (secondary N) is 4. The number of nitrogens with two attached hydrogens (primary N) is 1. The van der Waals surface area contributed by atoms with Crippen molar-refractivity contribution in [3.05, 3.63) is 291 Å². The van der Waals surface area contributed by atoms with Crippen LogP contribution in [0.3, 0.4) is 0 Å². The highest BCUT2D eigenvalue weighted by Crippen LogP contribution is 2.43. The van der Waals surface area contributed by atoms with Crippen LogP contribution < -0.4 is 59.1 Å². The van der Waals surface area contributed by atoms with E-state index in [1.807, 2.05) is 109 Å². The Hall–Kier alpha value is -14.2. The highest BCUT2D eigenvalue weighted by Gasteiger charge is 2.29. The number of carbonyl (C=O) groups excluding carboxylic acids is 7. The number of esters is 2. The van der Waals surface area contributed by atoms with Crippen molar-refractivity contribution in [2.24, 2.45) is 5.90 Å². The number of benzene rings is 12. The first kappa shape index (κ1) is 103. The van der Waals surface area contributed by atoms with Crippen molar-refractivity contribution in [2.75, 3.05) is 71.5 Å². The van der Waals surface area contributed by atoms with Crippen molar-refractivity contribution in [3.63, 3.8) is 0 Å². The van der Waals surface area contributed by atoms with Crippen molar-refractivity contribution in [2.45, 2.75) is 143 Å². The minimum absolute atomic E-state index is 0.00555. The highest BCUT2D eigenvalue weighted by molar-refractivity contribution is 7.82. The Kier molecular flexibility index (Phi) is 37.3. The van der Waals surface area contributed by atoms with Crippen LogP contribution in [0.25, 0.3) is 49.5 Å². The fraction of sp³-hybridized carbons (Fsp3) is 0.264. The number of aromatic amines is 1. The third-order valence-electron chi connectivity index (χ3n) is 22.8. The molecule has 0 aliphatic heterocycles. The van der Waals surface area contributed by atoms with E-state index in [1.54, 1.807) is 129 Å². The van der Waals surface area contributed by atoms with Gasteiger partial charge in [0.25, 0.3) is 5.91 Å². The van der Waals surface area contributed by atoms with Gasteiger partial charge in [-0.25, -0.2) is 39.4 Å². The molecular formula is C106H111Cl3N10O18S. The summed E-state index contributed by atoms with van der Waals surface area (Å²) in [6.45, 7) is 10.6. The van der Waals surface area contributed by atoms with Gasteiger partial charge >= 0.3 is 41.5 Å². The van der Waals surface area contributed by atoms with Crippen LogP contribution >= 0.6 is 34.8 Å². The van der Waals surface area contributed by atoms with Gasteiger partial charge in [0.1, 0.15) is 29.1 Å². The number of fused-ring (bicyclic) bond motifs is 5. The Balaban J connectivity index is 0.000000190.